The number of nitrogens with zero attached hydrogens (tertiary/aromatic N) is 1. The molecule has 5 heteroatoms. The molecule has 2 heterocycles. The number of benzene rings is 2. The third-order valence-corrected chi connectivity index (χ3v) is 3.94. The van der Waals surface area contributed by atoms with Crippen molar-refractivity contribution >= 4 is 28.5 Å². The van der Waals surface area contributed by atoms with Crippen LogP contribution in [0.5, 0.6) is 0 Å². The van der Waals surface area contributed by atoms with Crippen LogP contribution in [0.4, 0.5) is 11.4 Å². The molecule has 1 unspecified atom stereocenters. The molecule has 0 bridgehead atoms. The number of hydrogen-bond acceptors (Lipinski definition) is 3. The monoisotopic (exact) mass is 297 g/mol. The Bertz CT molecular complexity index is 767. The second-order valence-corrected chi connectivity index (χ2v) is 5.38. The van der Waals surface area contributed by atoms with Gasteiger partial charge in [-0.2, -0.15) is 5.01 Å². The number of nitrogens with one attached hydrogen (secondary N) is 2. The molecule has 104 valence electrons. The SMILES string of the molecule is [O-][NH+]1C2=CNc3ccccc3C2=CN1c1ccc(Cl)cc1. The molecule has 2 aromatic carbocycles. The van der Waals surface area contributed by atoms with Gasteiger partial charge in [0.25, 0.3) is 0 Å². The normalized spacial score (nSPS) is 19.3. The lowest BCUT2D eigenvalue weighted by Crippen LogP contribution is -3.10. The number of anilines is 2. The zero-order chi connectivity index (χ0) is 14.4. The van der Waals surface area contributed by atoms with Crippen molar-refractivity contribution in [2.75, 3.05) is 10.3 Å². The minimum absolute atomic E-state index is 0.0330. The van der Waals surface area contributed by atoms with Crippen LogP contribution in [0.15, 0.2) is 66.6 Å². The second kappa shape index (κ2) is 4.63. The Kier molecular flexibility index (Phi) is 2.75. The number of para-hydroxylation sites is 1. The first-order chi connectivity index (χ1) is 10.2. The van der Waals surface area contributed by atoms with Crippen LogP contribution in [-0.2, 0) is 0 Å². The summed E-state index contributed by atoms with van der Waals surface area (Å²) >= 11 is 5.90. The van der Waals surface area contributed by atoms with Crippen LogP contribution >= 0.6 is 11.6 Å². The Hall–Kier alpha value is -2.27. The van der Waals surface area contributed by atoms with Gasteiger partial charge in [0.2, 0.25) is 0 Å². The standard InChI is InChI=1S/C16H12ClN3O/c17-11-5-7-12(8-6-11)19-10-14-13-3-1-2-4-15(13)18-9-16(14)20(19)21/h1-10,18,20H. The fourth-order valence-electron chi connectivity index (χ4n) is 2.64. The molecule has 4 rings (SSSR count). The summed E-state index contributed by atoms with van der Waals surface area (Å²) in [5.41, 5.74) is 4.50. The summed E-state index contributed by atoms with van der Waals surface area (Å²) in [5, 5.41) is 18.0. The third kappa shape index (κ3) is 1.93. The van der Waals surface area contributed by atoms with E-state index >= 15 is 0 Å². The minimum Gasteiger partial charge on any atom is -0.602 e. The minimum atomic E-state index is -0.0330. The highest BCUT2D eigenvalue weighted by Gasteiger charge is 2.32. The van der Waals surface area contributed by atoms with E-state index in [1.54, 1.807) is 23.3 Å². The number of allylic oxidation sites excluding steroid dienone is 1. The molecule has 0 aliphatic carbocycles. The molecule has 0 fully saturated rings. The molecule has 0 amide bonds. The maximum Gasteiger partial charge on any atom is 0.182 e. The first-order valence-corrected chi connectivity index (χ1v) is 6.99. The lowest BCUT2D eigenvalue weighted by atomic mass is 10.0. The van der Waals surface area contributed by atoms with Crippen LogP contribution in [0.1, 0.15) is 5.56 Å². The van der Waals surface area contributed by atoms with Gasteiger partial charge in [0.05, 0.1) is 23.7 Å². The first kappa shape index (κ1) is 12.5. The van der Waals surface area contributed by atoms with Crippen LogP contribution in [0.2, 0.25) is 5.02 Å². The van der Waals surface area contributed by atoms with Gasteiger partial charge in [-0.15, -0.1) is 0 Å². The molecule has 0 saturated heterocycles. The first-order valence-electron chi connectivity index (χ1n) is 6.61. The fourth-order valence-corrected chi connectivity index (χ4v) is 2.77. The van der Waals surface area contributed by atoms with E-state index in [0.717, 1.165) is 22.5 Å². The maximum absolute atomic E-state index is 12.6. The molecule has 0 spiro atoms. The van der Waals surface area contributed by atoms with E-state index in [0.29, 0.717) is 10.7 Å². The van der Waals surface area contributed by atoms with Gasteiger partial charge in [-0.3, -0.25) is 0 Å². The molecular weight excluding hydrogens is 286 g/mol. The number of quaternary nitrogens is 1. The Morgan fingerprint density at radius 3 is 2.62 bits per heavy atom. The van der Waals surface area contributed by atoms with E-state index < -0.39 is 0 Å². The smallest absolute Gasteiger partial charge is 0.182 e. The fraction of sp³-hybridized carbons (Fsp3) is 0. The zero-order valence-corrected chi connectivity index (χ0v) is 11.8. The quantitative estimate of drug-likeness (QED) is 0.796. The summed E-state index contributed by atoms with van der Waals surface area (Å²) in [6.45, 7) is 0. The summed E-state index contributed by atoms with van der Waals surface area (Å²) in [6, 6.07) is 15.2. The molecule has 0 aromatic heterocycles. The molecule has 1 atom stereocenters. The lowest BCUT2D eigenvalue weighted by molar-refractivity contribution is -0.801. The highest BCUT2D eigenvalue weighted by Crippen LogP contribution is 2.34. The number of hydroxylamine groups is 1. The van der Waals surface area contributed by atoms with Gasteiger partial charge in [0.1, 0.15) is 0 Å². The Morgan fingerprint density at radius 1 is 1.05 bits per heavy atom. The second-order valence-electron chi connectivity index (χ2n) is 4.94. The number of fused-ring (bicyclic) bond motifs is 3. The zero-order valence-electron chi connectivity index (χ0n) is 11.0. The van der Waals surface area contributed by atoms with E-state index in [1.165, 1.54) is 0 Å². The van der Waals surface area contributed by atoms with Gasteiger partial charge in [-0.25, -0.2) is 5.17 Å². The lowest BCUT2D eigenvalue weighted by Gasteiger charge is -2.29. The highest BCUT2D eigenvalue weighted by molar-refractivity contribution is 6.30. The Morgan fingerprint density at radius 2 is 1.81 bits per heavy atom. The van der Waals surface area contributed by atoms with E-state index in [9.17, 15) is 5.21 Å². The molecule has 2 aliphatic rings. The molecule has 0 saturated carbocycles. The van der Waals surface area contributed by atoms with Crippen LogP contribution in [0, 0.1) is 5.21 Å². The number of hydrogen-bond donors (Lipinski definition) is 2. The summed E-state index contributed by atoms with van der Waals surface area (Å²) < 4.78 is 0. The summed E-state index contributed by atoms with van der Waals surface area (Å²) in [7, 11) is 0. The van der Waals surface area contributed by atoms with Crippen molar-refractivity contribution in [2.45, 2.75) is 0 Å². The van der Waals surface area contributed by atoms with Crippen molar-refractivity contribution < 1.29 is 5.17 Å². The largest absolute Gasteiger partial charge is 0.602 e. The Balaban J connectivity index is 1.80. The van der Waals surface area contributed by atoms with E-state index in [4.69, 9.17) is 11.6 Å². The predicted molar refractivity (Wildman–Crippen MR) is 84.4 cm³/mol. The molecule has 4 nitrogen and oxygen atoms in total. The molecule has 2 aliphatic heterocycles. The van der Waals surface area contributed by atoms with Gasteiger partial charge in [0, 0.05) is 16.3 Å². The summed E-state index contributed by atoms with van der Waals surface area (Å²) in [4.78, 5) is 0. The number of halogens is 1. The van der Waals surface area contributed by atoms with Crippen molar-refractivity contribution in [3.63, 3.8) is 0 Å². The van der Waals surface area contributed by atoms with Crippen molar-refractivity contribution in [1.82, 2.24) is 0 Å². The van der Waals surface area contributed by atoms with E-state index in [2.05, 4.69) is 5.32 Å². The highest BCUT2D eigenvalue weighted by atomic mass is 35.5. The molecular formula is C16H12ClN3O. The van der Waals surface area contributed by atoms with Crippen molar-refractivity contribution in [1.29, 1.82) is 0 Å². The molecule has 21 heavy (non-hydrogen) atoms. The number of rotatable bonds is 1. The van der Waals surface area contributed by atoms with Crippen LogP contribution in [-0.4, -0.2) is 0 Å². The third-order valence-electron chi connectivity index (χ3n) is 3.69. The maximum atomic E-state index is 12.6. The van der Waals surface area contributed by atoms with Crippen molar-refractivity contribution in [2.24, 2.45) is 0 Å². The molecule has 2 aromatic rings. The van der Waals surface area contributed by atoms with Crippen LogP contribution < -0.4 is 15.5 Å². The summed E-state index contributed by atoms with van der Waals surface area (Å²) in [5.74, 6) is 0. The predicted octanol–water partition coefficient (Wildman–Crippen LogP) is 2.77. The molecule has 0 radical (unpaired) electrons. The average Bonchev–Trinajstić information content (AvgIpc) is 2.86. The van der Waals surface area contributed by atoms with Gasteiger partial charge in [0.15, 0.2) is 5.70 Å². The van der Waals surface area contributed by atoms with Crippen molar-refractivity contribution in [3.8, 4) is 0 Å². The van der Waals surface area contributed by atoms with Crippen molar-refractivity contribution in [3.05, 3.63) is 82.4 Å². The van der Waals surface area contributed by atoms with Crippen LogP contribution in [0.3, 0.4) is 0 Å². The summed E-state index contributed by atoms with van der Waals surface area (Å²) in [6.07, 6.45) is 3.66. The van der Waals surface area contributed by atoms with Gasteiger partial charge < -0.3 is 10.5 Å². The van der Waals surface area contributed by atoms with E-state index in [-0.39, 0.29) is 5.17 Å². The van der Waals surface area contributed by atoms with Gasteiger partial charge in [-0.05, 0) is 30.3 Å². The Labute approximate surface area is 127 Å². The average molecular weight is 298 g/mol. The topological polar surface area (TPSA) is 42.8 Å². The molecule has 2 N–H and O–H groups in total. The van der Waals surface area contributed by atoms with Gasteiger partial charge in [-0.1, -0.05) is 29.8 Å². The van der Waals surface area contributed by atoms with Crippen LogP contribution in [0.25, 0.3) is 5.57 Å². The van der Waals surface area contributed by atoms with Gasteiger partial charge >= 0.3 is 0 Å². The van der Waals surface area contributed by atoms with E-state index in [1.807, 2.05) is 42.6 Å².